The van der Waals surface area contributed by atoms with Crippen LogP contribution >= 0.6 is 0 Å². The first-order valence-corrected chi connectivity index (χ1v) is 5.14. The Hall–Kier alpha value is -0.570. The van der Waals surface area contributed by atoms with Crippen LogP contribution in [0, 0.1) is 0 Å². The van der Waals surface area contributed by atoms with E-state index in [1.165, 1.54) is 6.42 Å². The number of carbonyl (C=O) groups is 1. The fourth-order valence-corrected chi connectivity index (χ4v) is 1.82. The van der Waals surface area contributed by atoms with Gasteiger partial charge in [-0.15, -0.1) is 0 Å². The molecule has 0 heterocycles. The molecule has 76 valence electrons. The summed E-state index contributed by atoms with van der Waals surface area (Å²) in [6.45, 7) is 3.92. The van der Waals surface area contributed by atoms with Crippen LogP contribution in [0.25, 0.3) is 0 Å². The highest BCUT2D eigenvalue weighted by Gasteiger charge is 2.35. The summed E-state index contributed by atoms with van der Waals surface area (Å²) in [7, 11) is 0. The lowest BCUT2D eigenvalue weighted by Gasteiger charge is -2.32. The highest BCUT2D eigenvalue weighted by molar-refractivity contribution is 5.86. The summed E-state index contributed by atoms with van der Waals surface area (Å²) in [5.74, 6) is 0.0298. The summed E-state index contributed by atoms with van der Waals surface area (Å²) < 4.78 is 0. The Bertz CT molecular complexity index is 183. The van der Waals surface area contributed by atoms with Gasteiger partial charge in [-0.05, 0) is 26.7 Å². The fourth-order valence-electron chi connectivity index (χ4n) is 1.82. The summed E-state index contributed by atoms with van der Waals surface area (Å²) in [4.78, 5) is 11.7. The maximum atomic E-state index is 11.7. The lowest BCUT2D eigenvalue weighted by atomic mass is 9.82. The third-order valence-electron chi connectivity index (χ3n) is 2.62. The Morgan fingerprint density at radius 2 is 1.85 bits per heavy atom. The summed E-state index contributed by atoms with van der Waals surface area (Å²) in [6, 6.07) is 0.190. The summed E-state index contributed by atoms with van der Waals surface area (Å²) in [5, 5.41) is 2.89. The van der Waals surface area contributed by atoms with Crippen LogP contribution < -0.4 is 11.1 Å². The van der Waals surface area contributed by atoms with Crippen molar-refractivity contribution < 1.29 is 4.79 Å². The van der Waals surface area contributed by atoms with Gasteiger partial charge in [-0.1, -0.05) is 19.3 Å². The van der Waals surface area contributed by atoms with Crippen molar-refractivity contribution in [2.75, 3.05) is 0 Å². The van der Waals surface area contributed by atoms with Gasteiger partial charge in [-0.3, -0.25) is 4.79 Å². The van der Waals surface area contributed by atoms with Gasteiger partial charge in [0, 0.05) is 6.04 Å². The van der Waals surface area contributed by atoms with E-state index < -0.39 is 5.54 Å². The lowest BCUT2D eigenvalue weighted by Crippen LogP contribution is -2.56. The zero-order chi connectivity index (χ0) is 9.90. The third kappa shape index (κ3) is 2.69. The second-order valence-corrected chi connectivity index (χ2v) is 4.34. The molecule has 3 nitrogen and oxygen atoms in total. The average Bonchev–Trinajstić information content (AvgIpc) is 2.04. The molecular formula is C10H20N2O. The Kier molecular flexibility index (Phi) is 3.31. The van der Waals surface area contributed by atoms with E-state index in [1.54, 1.807) is 0 Å². The lowest BCUT2D eigenvalue weighted by molar-refractivity contribution is -0.128. The van der Waals surface area contributed by atoms with Crippen LogP contribution in [0.3, 0.4) is 0 Å². The first-order chi connectivity index (χ1) is 6.04. The maximum Gasteiger partial charge on any atom is 0.240 e. The molecule has 1 saturated carbocycles. The molecule has 3 N–H and O–H groups in total. The van der Waals surface area contributed by atoms with Gasteiger partial charge in [0.1, 0.15) is 0 Å². The topological polar surface area (TPSA) is 55.1 Å². The molecule has 0 radical (unpaired) electrons. The predicted molar refractivity (Wildman–Crippen MR) is 53.3 cm³/mol. The van der Waals surface area contributed by atoms with Crippen molar-refractivity contribution in [3.05, 3.63) is 0 Å². The van der Waals surface area contributed by atoms with E-state index in [-0.39, 0.29) is 11.9 Å². The summed E-state index contributed by atoms with van der Waals surface area (Å²) in [5.41, 5.74) is 5.46. The molecule has 0 aromatic rings. The third-order valence-corrected chi connectivity index (χ3v) is 2.62. The quantitative estimate of drug-likeness (QED) is 0.677. The molecule has 13 heavy (non-hydrogen) atoms. The van der Waals surface area contributed by atoms with E-state index in [1.807, 2.05) is 13.8 Å². The molecule has 0 unspecified atom stereocenters. The number of nitrogens with two attached hydrogens (primary N) is 1. The molecule has 0 aromatic carbocycles. The molecule has 0 spiro atoms. The number of hydrogen-bond acceptors (Lipinski definition) is 2. The van der Waals surface area contributed by atoms with Crippen LogP contribution in [0.1, 0.15) is 46.0 Å². The first kappa shape index (κ1) is 10.5. The molecule has 0 atom stereocenters. The molecule has 1 amide bonds. The Labute approximate surface area is 80.1 Å². The average molecular weight is 184 g/mol. The highest BCUT2D eigenvalue weighted by Crippen LogP contribution is 2.25. The second kappa shape index (κ2) is 4.09. The van der Waals surface area contributed by atoms with Crippen LogP contribution in [0.2, 0.25) is 0 Å². The zero-order valence-corrected chi connectivity index (χ0v) is 8.60. The Balaban J connectivity index is 2.51. The number of rotatable bonds is 2. The van der Waals surface area contributed by atoms with Gasteiger partial charge >= 0.3 is 0 Å². The Morgan fingerprint density at radius 3 is 2.31 bits per heavy atom. The SMILES string of the molecule is CC(C)NC(=O)C1(N)CCCCC1. The number of nitrogens with one attached hydrogen (secondary N) is 1. The zero-order valence-electron chi connectivity index (χ0n) is 8.60. The van der Waals surface area contributed by atoms with E-state index in [2.05, 4.69) is 5.32 Å². The van der Waals surface area contributed by atoms with Gasteiger partial charge < -0.3 is 11.1 Å². The molecule has 1 aliphatic carbocycles. The summed E-state index contributed by atoms with van der Waals surface area (Å²) >= 11 is 0. The molecule has 1 aliphatic rings. The van der Waals surface area contributed by atoms with Crippen LogP contribution in [-0.2, 0) is 4.79 Å². The smallest absolute Gasteiger partial charge is 0.240 e. The fraction of sp³-hybridized carbons (Fsp3) is 0.900. The van der Waals surface area contributed by atoms with Crippen molar-refractivity contribution in [2.45, 2.75) is 57.5 Å². The molecule has 0 bridgehead atoms. The van der Waals surface area contributed by atoms with Crippen molar-refractivity contribution in [3.8, 4) is 0 Å². The highest BCUT2D eigenvalue weighted by atomic mass is 16.2. The monoisotopic (exact) mass is 184 g/mol. The van der Waals surface area contributed by atoms with Gasteiger partial charge in [0.05, 0.1) is 5.54 Å². The van der Waals surface area contributed by atoms with Gasteiger partial charge in [0.25, 0.3) is 0 Å². The standard InChI is InChI=1S/C10H20N2O/c1-8(2)12-9(13)10(11)6-4-3-5-7-10/h8H,3-7,11H2,1-2H3,(H,12,13). The minimum atomic E-state index is -0.581. The minimum Gasteiger partial charge on any atom is -0.352 e. The molecule has 1 rings (SSSR count). The molecule has 0 saturated heterocycles. The van der Waals surface area contributed by atoms with E-state index in [9.17, 15) is 4.79 Å². The Morgan fingerprint density at radius 1 is 1.31 bits per heavy atom. The van der Waals surface area contributed by atoms with Crippen molar-refractivity contribution >= 4 is 5.91 Å². The van der Waals surface area contributed by atoms with E-state index in [0.29, 0.717) is 0 Å². The molecule has 3 heteroatoms. The van der Waals surface area contributed by atoms with Crippen LogP contribution in [0.5, 0.6) is 0 Å². The second-order valence-electron chi connectivity index (χ2n) is 4.34. The molecular weight excluding hydrogens is 164 g/mol. The first-order valence-electron chi connectivity index (χ1n) is 5.14. The van der Waals surface area contributed by atoms with Crippen molar-refractivity contribution in [1.29, 1.82) is 0 Å². The van der Waals surface area contributed by atoms with Crippen molar-refractivity contribution in [3.63, 3.8) is 0 Å². The number of carbonyl (C=O) groups excluding carboxylic acids is 1. The van der Waals surface area contributed by atoms with Gasteiger partial charge in [0.15, 0.2) is 0 Å². The van der Waals surface area contributed by atoms with Gasteiger partial charge in [-0.2, -0.15) is 0 Å². The summed E-state index contributed by atoms with van der Waals surface area (Å²) in [6.07, 6.45) is 5.06. The largest absolute Gasteiger partial charge is 0.352 e. The van der Waals surface area contributed by atoms with E-state index in [4.69, 9.17) is 5.73 Å². The van der Waals surface area contributed by atoms with Crippen LogP contribution in [-0.4, -0.2) is 17.5 Å². The molecule has 0 aromatic heterocycles. The predicted octanol–water partition coefficient (Wildman–Crippen LogP) is 1.17. The number of amides is 1. The van der Waals surface area contributed by atoms with E-state index >= 15 is 0 Å². The normalized spacial score (nSPS) is 21.5. The van der Waals surface area contributed by atoms with Crippen LogP contribution in [0.4, 0.5) is 0 Å². The van der Waals surface area contributed by atoms with E-state index in [0.717, 1.165) is 25.7 Å². The van der Waals surface area contributed by atoms with Gasteiger partial charge in [-0.25, -0.2) is 0 Å². The van der Waals surface area contributed by atoms with Crippen molar-refractivity contribution in [2.24, 2.45) is 5.73 Å². The molecule has 1 fully saturated rings. The van der Waals surface area contributed by atoms with Gasteiger partial charge in [0.2, 0.25) is 5.91 Å². The maximum absolute atomic E-state index is 11.7. The van der Waals surface area contributed by atoms with Crippen LogP contribution in [0.15, 0.2) is 0 Å². The molecule has 0 aliphatic heterocycles. The van der Waals surface area contributed by atoms with Crippen molar-refractivity contribution in [1.82, 2.24) is 5.32 Å². The number of hydrogen-bond donors (Lipinski definition) is 2. The minimum absolute atomic E-state index is 0.0298.